The fourth-order valence-corrected chi connectivity index (χ4v) is 5.07. The second-order valence-corrected chi connectivity index (χ2v) is 11.4. The minimum Gasteiger partial charge on any atom is -0.345 e. The maximum absolute atomic E-state index is 13.3. The Morgan fingerprint density at radius 2 is 1.97 bits per heavy atom. The molecule has 0 aliphatic carbocycles. The molecule has 1 saturated heterocycles. The summed E-state index contributed by atoms with van der Waals surface area (Å²) in [6.45, 7) is 1.60. The summed E-state index contributed by atoms with van der Waals surface area (Å²) in [5.74, 6) is -0.901. The van der Waals surface area contributed by atoms with Crippen LogP contribution in [0.15, 0.2) is 41.1 Å². The van der Waals surface area contributed by atoms with Gasteiger partial charge in [0.2, 0.25) is 10.0 Å². The van der Waals surface area contributed by atoms with E-state index in [0.717, 1.165) is 10.7 Å². The molecule has 1 aromatic carbocycles. The van der Waals surface area contributed by atoms with Crippen molar-refractivity contribution in [2.75, 3.05) is 24.7 Å². The lowest BCUT2D eigenvalue weighted by atomic mass is 10.1. The number of carbonyl (C=O) groups is 2. The molecule has 36 heavy (non-hydrogen) atoms. The molecule has 3 aromatic rings. The highest BCUT2D eigenvalue weighted by Crippen LogP contribution is 2.28. The van der Waals surface area contributed by atoms with Gasteiger partial charge in [0.25, 0.3) is 11.8 Å². The highest BCUT2D eigenvalue weighted by molar-refractivity contribution is 9.10. The molecule has 2 amide bonds. The quantitative estimate of drug-likeness (QED) is 0.433. The van der Waals surface area contributed by atoms with E-state index in [2.05, 4.69) is 36.6 Å². The summed E-state index contributed by atoms with van der Waals surface area (Å²) in [6.07, 6.45) is 2.52. The molecule has 1 aliphatic rings. The molecule has 190 valence electrons. The van der Waals surface area contributed by atoms with E-state index in [-0.39, 0.29) is 46.0 Å². The molecule has 1 atom stereocenters. The van der Waals surface area contributed by atoms with Crippen molar-refractivity contribution in [2.45, 2.75) is 13.0 Å². The number of sulfonamides is 1. The molecule has 11 nitrogen and oxygen atoms in total. The Morgan fingerprint density at radius 3 is 2.64 bits per heavy atom. The van der Waals surface area contributed by atoms with Gasteiger partial charge in [0.05, 0.1) is 41.7 Å². The minimum atomic E-state index is -3.58. The van der Waals surface area contributed by atoms with Crippen molar-refractivity contribution in [2.24, 2.45) is 0 Å². The Bertz CT molecular complexity index is 1460. The number of halogens is 3. The van der Waals surface area contributed by atoms with Crippen LogP contribution in [0.1, 0.15) is 26.4 Å². The molecule has 0 bridgehead atoms. The molecule has 0 radical (unpaired) electrons. The second kappa shape index (κ2) is 10.4. The number of nitrogens with zero attached hydrogens (tertiary/aromatic N) is 4. The Balaban J connectivity index is 1.62. The van der Waals surface area contributed by atoms with Crippen molar-refractivity contribution < 1.29 is 22.8 Å². The van der Waals surface area contributed by atoms with Crippen molar-refractivity contribution in [3.63, 3.8) is 0 Å². The Hall–Kier alpha value is -2.55. The third-order valence-electron chi connectivity index (χ3n) is 5.13. The summed E-state index contributed by atoms with van der Waals surface area (Å²) >= 11 is 15.7. The van der Waals surface area contributed by atoms with E-state index in [1.54, 1.807) is 25.1 Å². The van der Waals surface area contributed by atoms with Crippen LogP contribution in [0.2, 0.25) is 10.0 Å². The van der Waals surface area contributed by atoms with Gasteiger partial charge >= 0.3 is 0 Å². The van der Waals surface area contributed by atoms with Crippen LogP contribution >= 0.6 is 39.1 Å². The SMILES string of the molecule is Cc1cc(Cl)cc(C(=O)NC2CON(S(C)(=O)=O)C2)c1NC(=O)c1cc(Br)nn1-c1ncccc1Cl. The normalized spacial score (nSPS) is 16.2. The van der Waals surface area contributed by atoms with Gasteiger partial charge < -0.3 is 10.6 Å². The average Bonchev–Trinajstić information content (AvgIpc) is 3.42. The molecule has 0 saturated carbocycles. The lowest BCUT2D eigenvalue weighted by Crippen LogP contribution is -2.39. The molecule has 2 N–H and O–H groups in total. The first-order chi connectivity index (χ1) is 16.9. The zero-order valence-corrected chi connectivity index (χ0v) is 22.7. The minimum absolute atomic E-state index is 0.0297. The highest BCUT2D eigenvalue weighted by atomic mass is 79.9. The van der Waals surface area contributed by atoms with Crippen LogP contribution in [-0.2, 0) is 14.9 Å². The van der Waals surface area contributed by atoms with Crippen molar-refractivity contribution in [1.82, 2.24) is 24.5 Å². The number of hydrogen-bond donors (Lipinski definition) is 2. The molecule has 15 heteroatoms. The molecular weight excluding hydrogens is 599 g/mol. The first kappa shape index (κ1) is 26.5. The summed E-state index contributed by atoms with van der Waals surface area (Å²) in [5, 5.41) is 10.3. The molecule has 4 rings (SSSR count). The smallest absolute Gasteiger partial charge is 0.274 e. The van der Waals surface area contributed by atoms with Crippen LogP contribution in [0.4, 0.5) is 5.69 Å². The van der Waals surface area contributed by atoms with Crippen LogP contribution in [0, 0.1) is 6.92 Å². The monoisotopic (exact) mass is 616 g/mol. The standard InChI is InChI=1S/C21H19BrCl2N6O5S/c1-11-6-12(23)7-14(20(31)26-13-9-29(35-10-13)36(2,33)34)18(11)27-21(32)16-8-17(22)28-30(16)19-15(24)4-3-5-25-19/h3-8,13H,9-10H2,1-2H3,(H,26,31)(H,27,32). The van der Waals surface area contributed by atoms with E-state index in [0.29, 0.717) is 10.2 Å². The number of rotatable bonds is 6. The van der Waals surface area contributed by atoms with Gasteiger partial charge in [0.1, 0.15) is 10.3 Å². The fourth-order valence-electron chi connectivity index (χ4n) is 3.51. The highest BCUT2D eigenvalue weighted by Gasteiger charge is 2.32. The maximum Gasteiger partial charge on any atom is 0.274 e. The summed E-state index contributed by atoms with van der Waals surface area (Å²) in [4.78, 5) is 35.8. The third kappa shape index (κ3) is 5.71. The topological polar surface area (TPSA) is 136 Å². The number of hydroxylamine groups is 1. The van der Waals surface area contributed by atoms with Gasteiger partial charge in [0, 0.05) is 17.3 Å². The van der Waals surface area contributed by atoms with Crippen LogP contribution < -0.4 is 10.6 Å². The van der Waals surface area contributed by atoms with Crippen molar-refractivity contribution in [1.29, 1.82) is 0 Å². The number of benzene rings is 1. The number of hydrogen-bond acceptors (Lipinski definition) is 7. The predicted molar refractivity (Wildman–Crippen MR) is 137 cm³/mol. The number of anilines is 1. The van der Waals surface area contributed by atoms with Gasteiger partial charge in [-0.15, -0.1) is 0 Å². The Labute approximate surface area is 224 Å². The van der Waals surface area contributed by atoms with Crippen molar-refractivity contribution in [3.8, 4) is 5.82 Å². The first-order valence-electron chi connectivity index (χ1n) is 10.3. The average molecular weight is 618 g/mol. The van der Waals surface area contributed by atoms with Crippen LogP contribution in [-0.4, -0.2) is 64.9 Å². The number of nitrogens with one attached hydrogen (secondary N) is 2. The van der Waals surface area contributed by atoms with Gasteiger partial charge in [-0.25, -0.2) is 18.1 Å². The Morgan fingerprint density at radius 1 is 1.22 bits per heavy atom. The predicted octanol–water partition coefficient (Wildman–Crippen LogP) is 3.20. The number of amides is 2. The summed E-state index contributed by atoms with van der Waals surface area (Å²) in [5.41, 5.74) is 0.947. The lowest BCUT2D eigenvalue weighted by molar-refractivity contribution is -0.0283. The molecular formula is C21H19BrCl2N6O5S. The summed E-state index contributed by atoms with van der Waals surface area (Å²) in [6, 6.07) is 7.16. The van der Waals surface area contributed by atoms with Crippen LogP contribution in [0.25, 0.3) is 5.82 Å². The first-order valence-corrected chi connectivity index (χ1v) is 13.7. The molecule has 1 fully saturated rings. The second-order valence-electron chi connectivity index (χ2n) is 7.89. The van der Waals surface area contributed by atoms with Crippen molar-refractivity contribution in [3.05, 3.63) is 68.0 Å². The van der Waals surface area contributed by atoms with E-state index in [4.69, 9.17) is 28.0 Å². The van der Waals surface area contributed by atoms with E-state index in [1.807, 2.05) is 0 Å². The van der Waals surface area contributed by atoms with E-state index < -0.39 is 27.9 Å². The zero-order valence-electron chi connectivity index (χ0n) is 18.8. The zero-order chi connectivity index (χ0) is 26.2. The molecule has 1 unspecified atom stereocenters. The lowest BCUT2D eigenvalue weighted by Gasteiger charge is -2.17. The van der Waals surface area contributed by atoms with Crippen LogP contribution in [0.5, 0.6) is 0 Å². The number of carbonyl (C=O) groups excluding carboxylic acids is 2. The maximum atomic E-state index is 13.3. The summed E-state index contributed by atoms with van der Waals surface area (Å²) < 4.78 is 25.8. The summed E-state index contributed by atoms with van der Waals surface area (Å²) in [7, 11) is -3.58. The molecule has 0 spiro atoms. The number of aryl methyl sites for hydroxylation is 1. The molecule has 3 heterocycles. The number of pyridine rings is 1. The third-order valence-corrected chi connectivity index (χ3v) is 7.02. The van der Waals surface area contributed by atoms with Crippen LogP contribution in [0.3, 0.4) is 0 Å². The van der Waals surface area contributed by atoms with Gasteiger partial charge in [-0.2, -0.15) is 5.10 Å². The van der Waals surface area contributed by atoms with E-state index in [9.17, 15) is 18.0 Å². The molecule has 2 aromatic heterocycles. The molecule has 1 aliphatic heterocycles. The largest absolute Gasteiger partial charge is 0.345 e. The van der Waals surface area contributed by atoms with Gasteiger partial charge in [-0.1, -0.05) is 27.7 Å². The fraction of sp³-hybridized carbons (Fsp3) is 0.238. The number of aromatic nitrogens is 3. The Kier molecular flexibility index (Phi) is 7.69. The van der Waals surface area contributed by atoms with Gasteiger partial charge in [-0.3, -0.25) is 14.4 Å². The van der Waals surface area contributed by atoms with E-state index in [1.165, 1.54) is 23.0 Å². The van der Waals surface area contributed by atoms with Gasteiger partial charge in [0.15, 0.2) is 5.82 Å². The van der Waals surface area contributed by atoms with E-state index >= 15 is 0 Å². The van der Waals surface area contributed by atoms with Gasteiger partial charge in [-0.05, 0) is 52.7 Å². The van der Waals surface area contributed by atoms with Crippen molar-refractivity contribution >= 4 is 66.7 Å².